The highest BCUT2D eigenvalue weighted by molar-refractivity contribution is 9.10. The van der Waals surface area contributed by atoms with Gasteiger partial charge in [0.25, 0.3) is 0 Å². The number of aromatic nitrogens is 2. The minimum atomic E-state index is -0.237. The van der Waals surface area contributed by atoms with Gasteiger partial charge in [0, 0.05) is 5.69 Å². The highest BCUT2D eigenvalue weighted by atomic mass is 79.9. The molecule has 0 atom stereocenters. The van der Waals surface area contributed by atoms with E-state index in [0.29, 0.717) is 11.0 Å². The second-order valence-corrected chi connectivity index (χ2v) is 4.59. The van der Waals surface area contributed by atoms with Gasteiger partial charge in [-0.05, 0) is 47.5 Å². The van der Waals surface area contributed by atoms with Crippen LogP contribution in [0.3, 0.4) is 0 Å². The Hall–Kier alpha value is -1.16. The van der Waals surface area contributed by atoms with Gasteiger partial charge in [-0.1, -0.05) is 12.1 Å². The molecule has 0 N–H and O–H groups in total. The maximum Gasteiger partial charge on any atom is 0.137 e. The molecule has 0 saturated carbocycles. The van der Waals surface area contributed by atoms with E-state index in [4.69, 9.17) is 0 Å². The number of hydrogen-bond donors (Lipinski definition) is 0. The Morgan fingerprint density at radius 2 is 2.12 bits per heavy atom. The molecule has 0 fully saturated rings. The molecule has 0 unspecified atom stereocenters. The van der Waals surface area contributed by atoms with Crippen LogP contribution in [0.25, 0.3) is 0 Å². The summed E-state index contributed by atoms with van der Waals surface area (Å²) in [6.07, 6.45) is 0. The third-order valence-electron chi connectivity index (χ3n) is 2.46. The summed E-state index contributed by atoms with van der Waals surface area (Å²) in [5.41, 5.74) is 2.95. The summed E-state index contributed by atoms with van der Waals surface area (Å²) in [7, 11) is 0. The molecule has 2 aromatic rings. The zero-order chi connectivity index (χ0) is 11.7. The fourth-order valence-corrected chi connectivity index (χ4v) is 2.06. The van der Waals surface area contributed by atoms with E-state index in [1.54, 1.807) is 6.07 Å². The van der Waals surface area contributed by atoms with Crippen molar-refractivity contribution in [1.29, 1.82) is 0 Å². The van der Waals surface area contributed by atoms with Crippen molar-refractivity contribution in [3.05, 3.63) is 51.5 Å². The van der Waals surface area contributed by atoms with Crippen LogP contribution in [0.1, 0.15) is 17.0 Å². The zero-order valence-corrected chi connectivity index (χ0v) is 10.8. The van der Waals surface area contributed by atoms with Gasteiger partial charge >= 0.3 is 0 Å². The number of halogens is 2. The van der Waals surface area contributed by atoms with Crippen molar-refractivity contribution in [1.82, 2.24) is 9.78 Å². The number of aryl methyl sites for hydroxylation is 2. The number of hydrogen-bond acceptors (Lipinski definition) is 1. The first-order valence-corrected chi connectivity index (χ1v) is 5.81. The van der Waals surface area contributed by atoms with Gasteiger partial charge in [0.05, 0.1) is 16.7 Å². The Labute approximate surface area is 102 Å². The first-order chi connectivity index (χ1) is 7.58. The summed E-state index contributed by atoms with van der Waals surface area (Å²) < 4.78 is 15.7. The fraction of sp³-hybridized carbons (Fsp3) is 0.250. The van der Waals surface area contributed by atoms with Gasteiger partial charge < -0.3 is 0 Å². The van der Waals surface area contributed by atoms with Crippen LogP contribution in [-0.4, -0.2) is 9.78 Å². The van der Waals surface area contributed by atoms with E-state index >= 15 is 0 Å². The van der Waals surface area contributed by atoms with E-state index in [-0.39, 0.29) is 5.82 Å². The van der Waals surface area contributed by atoms with Gasteiger partial charge in [0.1, 0.15) is 5.82 Å². The van der Waals surface area contributed by atoms with Crippen LogP contribution in [0.4, 0.5) is 4.39 Å². The molecule has 4 heteroatoms. The third kappa shape index (κ3) is 2.16. The van der Waals surface area contributed by atoms with E-state index in [0.717, 1.165) is 17.0 Å². The van der Waals surface area contributed by atoms with Gasteiger partial charge in [-0.3, -0.25) is 4.68 Å². The quantitative estimate of drug-likeness (QED) is 0.825. The average Bonchev–Trinajstić information content (AvgIpc) is 2.53. The molecule has 0 saturated heterocycles. The minimum Gasteiger partial charge on any atom is -0.265 e. The van der Waals surface area contributed by atoms with Crippen molar-refractivity contribution >= 4 is 15.9 Å². The third-order valence-corrected chi connectivity index (χ3v) is 3.34. The van der Waals surface area contributed by atoms with Gasteiger partial charge in [0.2, 0.25) is 0 Å². The van der Waals surface area contributed by atoms with Crippen LogP contribution < -0.4 is 0 Å². The SMILES string of the molecule is Cc1cc(C)n(Cc2cccc(F)c2Br)n1. The normalized spacial score (nSPS) is 10.8. The van der Waals surface area contributed by atoms with Crippen LogP contribution in [0.2, 0.25) is 0 Å². The Morgan fingerprint density at radius 3 is 2.75 bits per heavy atom. The highest BCUT2D eigenvalue weighted by Crippen LogP contribution is 2.21. The Kier molecular flexibility index (Phi) is 3.10. The lowest BCUT2D eigenvalue weighted by Gasteiger charge is -2.07. The molecule has 0 bridgehead atoms. The van der Waals surface area contributed by atoms with E-state index in [2.05, 4.69) is 21.0 Å². The van der Waals surface area contributed by atoms with Crippen molar-refractivity contribution in [2.75, 3.05) is 0 Å². The van der Waals surface area contributed by atoms with Crippen LogP contribution in [0.15, 0.2) is 28.7 Å². The number of benzene rings is 1. The molecule has 84 valence electrons. The largest absolute Gasteiger partial charge is 0.265 e. The van der Waals surface area contributed by atoms with Crippen molar-refractivity contribution in [2.45, 2.75) is 20.4 Å². The maximum atomic E-state index is 13.3. The van der Waals surface area contributed by atoms with Gasteiger partial charge in [-0.25, -0.2) is 4.39 Å². The fourth-order valence-electron chi connectivity index (χ4n) is 1.67. The van der Waals surface area contributed by atoms with Crippen LogP contribution >= 0.6 is 15.9 Å². The zero-order valence-electron chi connectivity index (χ0n) is 9.17. The first-order valence-electron chi connectivity index (χ1n) is 5.02. The van der Waals surface area contributed by atoms with Gasteiger partial charge in [0.15, 0.2) is 0 Å². The summed E-state index contributed by atoms with van der Waals surface area (Å²) >= 11 is 3.25. The van der Waals surface area contributed by atoms with E-state index in [9.17, 15) is 4.39 Å². The lowest BCUT2D eigenvalue weighted by molar-refractivity contribution is 0.608. The summed E-state index contributed by atoms with van der Waals surface area (Å²) in [5.74, 6) is -0.237. The maximum absolute atomic E-state index is 13.3. The van der Waals surface area contributed by atoms with E-state index in [1.807, 2.05) is 30.7 Å². The summed E-state index contributed by atoms with van der Waals surface area (Å²) in [5, 5.41) is 4.35. The average molecular weight is 283 g/mol. The Balaban J connectivity index is 2.34. The molecule has 1 aromatic heterocycles. The predicted octanol–water partition coefficient (Wildman–Crippen LogP) is 3.45. The molecule has 2 rings (SSSR count). The molecule has 0 amide bonds. The second-order valence-electron chi connectivity index (χ2n) is 3.80. The number of nitrogens with zero attached hydrogens (tertiary/aromatic N) is 2. The van der Waals surface area contributed by atoms with Gasteiger partial charge in [-0.15, -0.1) is 0 Å². The summed E-state index contributed by atoms with van der Waals surface area (Å²) in [6.45, 7) is 4.52. The highest BCUT2D eigenvalue weighted by Gasteiger charge is 2.07. The molecule has 0 aliphatic heterocycles. The molecular formula is C12H12BrFN2. The Bertz CT molecular complexity index is 520. The molecule has 0 spiro atoms. The van der Waals surface area contributed by atoms with Crippen molar-refractivity contribution < 1.29 is 4.39 Å². The predicted molar refractivity (Wildman–Crippen MR) is 64.9 cm³/mol. The van der Waals surface area contributed by atoms with Crippen molar-refractivity contribution in [3.63, 3.8) is 0 Å². The standard InChI is InChI=1S/C12H12BrFN2/c1-8-6-9(2)16(15-8)7-10-4-3-5-11(14)12(10)13/h3-6H,7H2,1-2H3. The molecule has 16 heavy (non-hydrogen) atoms. The van der Waals surface area contributed by atoms with Gasteiger partial charge in [-0.2, -0.15) is 5.10 Å². The first kappa shape index (κ1) is 11.3. The molecule has 1 aromatic carbocycles. The van der Waals surface area contributed by atoms with Crippen LogP contribution in [-0.2, 0) is 6.54 Å². The summed E-state index contributed by atoms with van der Waals surface area (Å²) in [6, 6.07) is 7.05. The lowest BCUT2D eigenvalue weighted by atomic mass is 10.2. The topological polar surface area (TPSA) is 17.8 Å². The molecule has 0 radical (unpaired) electrons. The monoisotopic (exact) mass is 282 g/mol. The number of rotatable bonds is 2. The van der Waals surface area contributed by atoms with Crippen LogP contribution in [0.5, 0.6) is 0 Å². The molecule has 1 heterocycles. The molecular weight excluding hydrogens is 271 g/mol. The summed E-state index contributed by atoms with van der Waals surface area (Å²) in [4.78, 5) is 0. The second kappa shape index (κ2) is 4.37. The van der Waals surface area contributed by atoms with Crippen molar-refractivity contribution in [2.24, 2.45) is 0 Å². The Morgan fingerprint density at radius 1 is 1.38 bits per heavy atom. The minimum absolute atomic E-state index is 0.237. The molecule has 0 aliphatic rings. The molecule has 0 aliphatic carbocycles. The molecule has 2 nitrogen and oxygen atoms in total. The smallest absolute Gasteiger partial charge is 0.137 e. The van der Waals surface area contributed by atoms with Crippen molar-refractivity contribution in [3.8, 4) is 0 Å². The lowest BCUT2D eigenvalue weighted by Crippen LogP contribution is -2.05. The van der Waals surface area contributed by atoms with Crippen LogP contribution in [0, 0.1) is 19.7 Å². The van der Waals surface area contributed by atoms with E-state index in [1.165, 1.54) is 6.07 Å². The van der Waals surface area contributed by atoms with E-state index < -0.39 is 0 Å².